The van der Waals surface area contributed by atoms with Gasteiger partial charge in [-0.15, -0.1) is 0 Å². The Kier molecular flexibility index (Phi) is 4.38. The van der Waals surface area contributed by atoms with Crippen molar-refractivity contribution in [1.82, 2.24) is 0 Å². The predicted molar refractivity (Wildman–Crippen MR) is 79.3 cm³/mol. The molecule has 108 valence electrons. The van der Waals surface area contributed by atoms with E-state index in [1.807, 2.05) is 0 Å². The zero-order valence-electron chi connectivity index (χ0n) is 10.0. The quantitative estimate of drug-likeness (QED) is 0.561. The van der Waals surface area contributed by atoms with Gasteiger partial charge in [-0.2, -0.15) is 0 Å². The molecule has 0 bridgehead atoms. The molecular formula is C13H10F3IO2S. The van der Waals surface area contributed by atoms with E-state index in [4.69, 9.17) is 0 Å². The topological polar surface area (TPSA) is 34.1 Å². The molecule has 0 saturated carbocycles. The van der Waals surface area contributed by atoms with E-state index in [-0.39, 0.29) is 7.14 Å². The summed E-state index contributed by atoms with van der Waals surface area (Å²) in [4.78, 5) is 0. The van der Waals surface area contributed by atoms with Crippen molar-refractivity contribution in [2.24, 2.45) is 0 Å². The fourth-order valence-corrected chi connectivity index (χ4v) is 11.9. The van der Waals surface area contributed by atoms with Gasteiger partial charge in [-0.1, -0.05) is 0 Å². The Morgan fingerprint density at radius 1 is 0.750 bits per heavy atom. The molecule has 0 heterocycles. The first-order valence-electron chi connectivity index (χ1n) is 5.46. The summed E-state index contributed by atoms with van der Waals surface area (Å²) in [5, 5.41) is 0. The van der Waals surface area contributed by atoms with Gasteiger partial charge in [0.15, 0.2) is 0 Å². The molecule has 2 aromatic carbocycles. The number of hydrogen-bond donors (Lipinski definition) is 0. The third-order valence-electron chi connectivity index (χ3n) is 2.34. The zero-order chi connectivity index (χ0) is 14.8. The van der Waals surface area contributed by atoms with Crippen LogP contribution in [-0.2, 0) is 7.01 Å². The van der Waals surface area contributed by atoms with Crippen molar-refractivity contribution in [3.05, 3.63) is 67.8 Å². The maximum absolute atomic E-state index is 12.9. The number of halogens is 4. The molecule has 2 nitrogen and oxygen atoms in total. The van der Waals surface area contributed by atoms with Gasteiger partial charge >= 0.3 is 120 Å². The van der Waals surface area contributed by atoms with Crippen LogP contribution in [0.1, 0.15) is 0 Å². The SMILES string of the molecule is O=S(=O)(I(c1ccccc1)c1ccccc1)C(F)(F)F. The van der Waals surface area contributed by atoms with Gasteiger partial charge in [0.2, 0.25) is 0 Å². The van der Waals surface area contributed by atoms with Gasteiger partial charge in [0.1, 0.15) is 0 Å². The van der Waals surface area contributed by atoms with Gasteiger partial charge in [-0.05, 0) is 0 Å². The molecule has 0 atom stereocenters. The van der Waals surface area contributed by atoms with Crippen molar-refractivity contribution in [2.45, 2.75) is 5.51 Å². The zero-order valence-corrected chi connectivity index (χ0v) is 13.0. The standard InChI is InChI=1S/C13H10F3IO2S/c14-13(15,16)20(18,19)17(11-7-3-1-4-8-11)12-9-5-2-6-10-12/h1-10H. The van der Waals surface area contributed by atoms with E-state index in [9.17, 15) is 21.6 Å². The van der Waals surface area contributed by atoms with E-state index in [2.05, 4.69) is 0 Å². The number of benzene rings is 2. The molecule has 20 heavy (non-hydrogen) atoms. The normalized spacial score (nSPS) is 13.1. The third-order valence-corrected chi connectivity index (χ3v) is 14.4. The molecule has 0 radical (unpaired) electrons. The first kappa shape index (κ1) is 15.3. The van der Waals surface area contributed by atoms with Crippen molar-refractivity contribution >= 4 is 25.4 Å². The molecule has 0 aliphatic rings. The second-order valence-corrected chi connectivity index (χ2v) is 14.5. The second-order valence-electron chi connectivity index (χ2n) is 3.72. The average molecular weight is 414 g/mol. The Balaban J connectivity index is 2.64. The fraction of sp³-hybridized carbons (Fsp3) is 0.0769. The summed E-state index contributed by atoms with van der Waals surface area (Å²) in [5.41, 5.74) is -5.23. The van der Waals surface area contributed by atoms with Crippen LogP contribution >= 0.6 is 18.4 Å². The molecular weight excluding hydrogens is 404 g/mol. The van der Waals surface area contributed by atoms with Crippen molar-refractivity contribution in [3.8, 4) is 0 Å². The van der Waals surface area contributed by atoms with Crippen LogP contribution in [0.15, 0.2) is 60.7 Å². The summed E-state index contributed by atoms with van der Waals surface area (Å²) in [6.07, 6.45) is 0. The molecule has 0 aliphatic heterocycles. The van der Waals surface area contributed by atoms with Gasteiger partial charge in [-0.3, -0.25) is 0 Å². The first-order chi connectivity index (χ1) is 9.34. The molecule has 0 aliphatic carbocycles. The van der Waals surface area contributed by atoms with Crippen LogP contribution in [-0.4, -0.2) is 13.9 Å². The van der Waals surface area contributed by atoms with Crippen LogP contribution in [0.2, 0.25) is 0 Å². The Hall–Kier alpha value is -1.09. The molecule has 0 saturated heterocycles. The van der Waals surface area contributed by atoms with Crippen LogP contribution < -0.4 is 0 Å². The van der Waals surface area contributed by atoms with Crippen molar-refractivity contribution in [2.75, 3.05) is 0 Å². The Morgan fingerprint density at radius 3 is 1.40 bits per heavy atom. The van der Waals surface area contributed by atoms with Crippen molar-refractivity contribution in [1.29, 1.82) is 0 Å². The molecule has 0 N–H and O–H groups in total. The van der Waals surface area contributed by atoms with Crippen molar-refractivity contribution in [3.63, 3.8) is 0 Å². The van der Waals surface area contributed by atoms with Gasteiger partial charge in [0, 0.05) is 0 Å². The van der Waals surface area contributed by atoms with E-state index < -0.39 is 31.0 Å². The van der Waals surface area contributed by atoms with Crippen LogP contribution in [0.25, 0.3) is 0 Å². The van der Waals surface area contributed by atoms with Gasteiger partial charge in [-0.25, -0.2) is 0 Å². The van der Waals surface area contributed by atoms with Crippen molar-refractivity contribution < 1.29 is 21.6 Å². The summed E-state index contributed by atoms with van der Waals surface area (Å²) in [5.74, 6) is 0. The summed E-state index contributed by atoms with van der Waals surface area (Å²) in [6.45, 7) is 0. The van der Waals surface area contributed by atoms with Crippen LogP contribution in [0, 0.1) is 7.14 Å². The second kappa shape index (κ2) is 5.72. The average Bonchev–Trinajstić information content (AvgIpc) is 2.40. The maximum atomic E-state index is 12.9. The van der Waals surface area contributed by atoms with Crippen LogP contribution in [0.5, 0.6) is 0 Å². The molecule has 0 aromatic heterocycles. The third kappa shape index (κ3) is 2.98. The van der Waals surface area contributed by atoms with Crippen LogP contribution in [0.4, 0.5) is 13.2 Å². The minimum absolute atomic E-state index is 0.250. The monoisotopic (exact) mass is 414 g/mol. The van der Waals surface area contributed by atoms with Crippen LogP contribution in [0.3, 0.4) is 0 Å². The van der Waals surface area contributed by atoms with Gasteiger partial charge < -0.3 is 0 Å². The fourth-order valence-electron chi connectivity index (χ4n) is 1.51. The Labute approximate surface area is 120 Å². The predicted octanol–water partition coefficient (Wildman–Crippen LogP) is 4.08. The molecule has 0 fully saturated rings. The Morgan fingerprint density at radius 2 is 1.10 bits per heavy atom. The first-order valence-corrected chi connectivity index (χ1v) is 11.6. The summed E-state index contributed by atoms with van der Waals surface area (Å²) in [6, 6.07) is 15.3. The molecule has 2 aromatic rings. The van der Waals surface area contributed by atoms with Gasteiger partial charge in [0.25, 0.3) is 0 Å². The summed E-state index contributed by atoms with van der Waals surface area (Å²) in [7, 11) is -5.19. The Bertz CT molecular complexity index is 630. The summed E-state index contributed by atoms with van der Waals surface area (Å²) >= 11 is -3.65. The number of rotatable bonds is 3. The molecule has 2 rings (SSSR count). The van der Waals surface area contributed by atoms with E-state index >= 15 is 0 Å². The number of alkyl halides is 3. The van der Waals surface area contributed by atoms with E-state index in [1.165, 1.54) is 24.3 Å². The van der Waals surface area contributed by atoms with E-state index in [0.717, 1.165) is 0 Å². The van der Waals surface area contributed by atoms with Gasteiger partial charge in [0.05, 0.1) is 0 Å². The van der Waals surface area contributed by atoms with E-state index in [0.29, 0.717) is 0 Å². The number of hydrogen-bond acceptors (Lipinski definition) is 2. The molecule has 7 heteroatoms. The molecule has 0 unspecified atom stereocenters. The van der Waals surface area contributed by atoms with E-state index in [1.54, 1.807) is 36.4 Å². The minimum atomic E-state index is -5.23. The summed E-state index contributed by atoms with van der Waals surface area (Å²) < 4.78 is 63.0. The molecule has 0 spiro atoms. The molecule has 0 amide bonds.